The third-order valence-corrected chi connectivity index (χ3v) is 4.41. The number of rotatable bonds is 2. The first-order chi connectivity index (χ1) is 9.16. The molecule has 0 amide bonds. The highest BCUT2D eigenvalue weighted by molar-refractivity contribution is 7.73. The molecule has 0 saturated carbocycles. The van der Waals surface area contributed by atoms with Gasteiger partial charge in [-0.2, -0.15) is 0 Å². The second-order valence-corrected chi connectivity index (χ2v) is 5.92. The van der Waals surface area contributed by atoms with Crippen LogP contribution in [0, 0.1) is 3.95 Å². The largest absolute Gasteiger partial charge is 0.508 e. The highest BCUT2D eigenvalue weighted by Gasteiger charge is 2.13. The SMILES string of the molecule is Cl.NC(c1ccc(O)cc1)n1c(=S)sc2ccccc21. The molecule has 0 saturated heterocycles. The monoisotopic (exact) mass is 324 g/mol. The molecule has 104 valence electrons. The van der Waals surface area contributed by atoms with Gasteiger partial charge in [0, 0.05) is 0 Å². The first-order valence-electron chi connectivity index (χ1n) is 5.81. The Hall–Kier alpha value is -1.40. The van der Waals surface area contributed by atoms with Gasteiger partial charge < -0.3 is 15.4 Å². The third-order valence-electron chi connectivity index (χ3n) is 3.03. The first kappa shape index (κ1) is 15.0. The Morgan fingerprint density at radius 3 is 2.45 bits per heavy atom. The third kappa shape index (κ3) is 2.58. The summed E-state index contributed by atoms with van der Waals surface area (Å²) in [5.41, 5.74) is 8.25. The van der Waals surface area contributed by atoms with E-state index in [0.717, 1.165) is 19.7 Å². The van der Waals surface area contributed by atoms with Gasteiger partial charge >= 0.3 is 0 Å². The summed E-state index contributed by atoms with van der Waals surface area (Å²) in [7, 11) is 0. The topological polar surface area (TPSA) is 51.2 Å². The van der Waals surface area contributed by atoms with E-state index in [-0.39, 0.29) is 24.3 Å². The lowest BCUT2D eigenvalue weighted by molar-refractivity contribution is 0.474. The smallest absolute Gasteiger partial charge is 0.163 e. The Bertz CT molecular complexity index is 780. The van der Waals surface area contributed by atoms with Gasteiger partial charge in [0.25, 0.3) is 0 Å². The molecule has 1 aromatic heterocycles. The van der Waals surface area contributed by atoms with Crippen LogP contribution in [0.3, 0.4) is 0 Å². The number of fused-ring (bicyclic) bond motifs is 1. The van der Waals surface area contributed by atoms with Crippen LogP contribution in [0.1, 0.15) is 11.7 Å². The number of hydrogen-bond donors (Lipinski definition) is 2. The lowest BCUT2D eigenvalue weighted by atomic mass is 10.1. The van der Waals surface area contributed by atoms with Gasteiger partial charge in [-0.25, -0.2) is 0 Å². The molecule has 0 aliphatic carbocycles. The molecule has 3 rings (SSSR count). The van der Waals surface area contributed by atoms with Crippen molar-refractivity contribution in [2.24, 2.45) is 5.73 Å². The minimum Gasteiger partial charge on any atom is -0.508 e. The number of nitrogens with two attached hydrogens (primary N) is 1. The molecule has 20 heavy (non-hydrogen) atoms. The van der Waals surface area contributed by atoms with Crippen molar-refractivity contribution >= 4 is 46.2 Å². The Morgan fingerprint density at radius 1 is 1.10 bits per heavy atom. The van der Waals surface area contributed by atoms with E-state index in [1.54, 1.807) is 23.5 Å². The van der Waals surface area contributed by atoms with Gasteiger partial charge in [0.1, 0.15) is 11.9 Å². The molecule has 0 aliphatic heterocycles. The van der Waals surface area contributed by atoms with Crippen LogP contribution in [0.15, 0.2) is 48.5 Å². The Kier molecular flexibility index (Phi) is 4.45. The molecular formula is C14H13ClN2OS2. The van der Waals surface area contributed by atoms with Gasteiger partial charge in [-0.3, -0.25) is 0 Å². The van der Waals surface area contributed by atoms with E-state index in [1.165, 1.54) is 0 Å². The zero-order valence-corrected chi connectivity index (χ0v) is 12.8. The van der Waals surface area contributed by atoms with Crippen molar-refractivity contribution in [2.45, 2.75) is 6.17 Å². The number of halogens is 1. The predicted octanol–water partition coefficient (Wildman–Crippen LogP) is 4.07. The van der Waals surface area contributed by atoms with Crippen LogP contribution in [0.25, 0.3) is 10.2 Å². The molecule has 0 radical (unpaired) electrons. The fraction of sp³-hybridized carbons (Fsp3) is 0.0714. The average molecular weight is 325 g/mol. The number of thiazole rings is 1. The standard InChI is InChI=1S/C14H12N2OS2.ClH/c15-13(9-5-7-10(17)8-6-9)16-11-3-1-2-4-12(11)19-14(16)18;/h1-8,13,17H,15H2;1H. The zero-order valence-electron chi connectivity index (χ0n) is 10.4. The van der Waals surface area contributed by atoms with E-state index in [2.05, 4.69) is 0 Å². The second kappa shape index (κ2) is 5.93. The molecule has 0 fully saturated rings. The summed E-state index contributed by atoms with van der Waals surface area (Å²) in [6.45, 7) is 0. The van der Waals surface area contributed by atoms with Crippen LogP contribution >= 0.6 is 36.0 Å². The minimum atomic E-state index is -0.343. The number of aromatic nitrogens is 1. The Labute approximate surface area is 131 Å². The van der Waals surface area contributed by atoms with E-state index >= 15 is 0 Å². The quantitative estimate of drug-likeness (QED) is 0.699. The van der Waals surface area contributed by atoms with Crippen LogP contribution in [0.2, 0.25) is 0 Å². The van der Waals surface area contributed by atoms with E-state index in [0.29, 0.717) is 0 Å². The molecule has 3 nitrogen and oxygen atoms in total. The molecule has 1 heterocycles. The summed E-state index contributed by atoms with van der Waals surface area (Å²) in [6, 6.07) is 14.9. The minimum absolute atomic E-state index is 0. The summed E-state index contributed by atoms with van der Waals surface area (Å²) in [5.74, 6) is 0.231. The number of phenols is 1. The van der Waals surface area contributed by atoms with Gasteiger partial charge in [0.05, 0.1) is 10.2 Å². The van der Waals surface area contributed by atoms with Gasteiger partial charge in [-0.1, -0.05) is 24.3 Å². The van der Waals surface area contributed by atoms with Crippen molar-refractivity contribution in [1.82, 2.24) is 4.57 Å². The van der Waals surface area contributed by atoms with E-state index < -0.39 is 0 Å². The zero-order chi connectivity index (χ0) is 13.4. The van der Waals surface area contributed by atoms with Gasteiger partial charge in [0.2, 0.25) is 0 Å². The van der Waals surface area contributed by atoms with Gasteiger partial charge in [0.15, 0.2) is 3.95 Å². The maximum absolute atomic E-state index is 9.33. The Morgan fingerprint density at radius 2 is 1.75 bits per heavy atom. The number of phenolic OH excluding ortho intramolecular Hbond substituents is 1. The number of aromatic hydroxyl groups is 1. The molecule has 3 N–H and O–H groups in total. The lowest BCUT2D eigenvalue weighted by Crippen LogP contribution is -2.19. The number of benzene rings is 2. The van der Waals surface area contributed by atoms with Crippen molar-refractivity contribution in [3.05, 3.63) is 58.0 Å². The molecule has 1 unspecified atom stereocenters. The van der Waals surface area contributed by atoms with E-state index in [9.17, 15) is 5.11 Å². The molecule has 2 aromatic carbocycles. The van der Waals surface area contributed by atoms with E-state index in [1.807, 2.05) is 41.0 Å². The van der Waals surface area contributed by atoms with Crippen LogP contribution < -0.4 is 5.73 Å². The summed E-state index contributed by atoms with van der Waals surface area (Å²) < 4.78 is 3.82. The lowest BCUT2D eigenvalue weighted by Gasteiger charge is -2.15. The fourth-order valence-corrected chi connectivity index (χ4v) is 3.47. The number of hydrogen-bond acceptors (Lipinski definition) is 4. The van der Waals surface area contributed by atoms with E-state index in [4.69, 9.17) is 18.0 Å². The van der Waals surface area contributed by atoms with Crippen LogP contribution in [-0.4, -0.2) is 9.67 Å². The second-order valence-electron chi connectivity index (χ2n) is 4.24. The normalized spacial score (nSPS) is 12.1. The summed E-state index contributed by atoms with van der Waals surface area (Å²) >= 11 is 6.96. The van der Waals surface area contributed by atoms with Crippen molar-refractivity contribution in [1.29, 1.82) is 0 Å². The molecule has 3 aromatic rings. The van der Waals surface area contributed by atoms with Crippen LogP contribution in [0.4, 0.5) is 0 Å². The molecule has 0 bridgehead atoms. The fourth-order valence-electron chi connectivity index (χ4n) is 2.07. The maximum Gasteiger partial charge on any atom is 0.163 e. The summed E-state index contributed by atoms with van der Waals surface area (Å²) in [5, 5.41) is 9.33. The van der Waals surface area contributed by atoms with Gasteiger partial charge in [-0.15, -0.1) is 23.7 Å². The first-order valence-corrected chi connectivity index (χ1v) is 7.04. The molecule has 1 atom stereocenters. The number of nitrogens with zero attached hydrogens (tertiary/aromatic N) is 1. The molecule has 6 heteroatoms. The van der Waals surface area contributed by atoms with Crippen LogP contribution in [-0.2, 0) is 0 Å². The van der Waals surface area contributed by atoms with Crippen molar-refractivity contribution in [3.8, 4) is 5.75 Å². The summed E-state index contributed by atoms with van der Waals surface area (Å²) in [6.07, 6.45) is -0.343. The number of para-hydroxylation sites is 1. The van der Waals surface area contributed by atoms with Gasteiger partial charge in [-0.05, 0) is 42.0 Å². The average Bonchev–Trinajstić information content (AvgIpc) is 2.74. The van der Waals surface area contributed by atoms with Crippen molar-refractivity contribution in [3.63, 3.8) is 0 Å². The Balaban J connectivity index is 0.00000147. The van der Waals surface area contributed by atoms with Crippen molar-refractivity contribution < 1.29 is 5.11 Å². The molecule has 0 aliphatic rings. The van der Waals surface area contributed by atoms with Crippen LogP contribution in [0.5, 0.6) is 5.75 Å². The highest BCUT2D eigenvalue weighted by Crippen LogP contribution is 2.27. The van der Waals surface area contributed by atoms with Crippen molar-refractivity contribution in [2.75, 3.05) is 0 Å². The predicted molar refractivity (Wildman–Crippen MR) is 88.3 cm³/mol. The molecular weight excluding hydrogens is 312 g/mol. The summed E-state index contributed by atoms with van der Waals surface area (Å²) in [4.78, 5) is 0. The maximum atomic E-state index is 9.33. The molecule has 0 spiro atoms. The highest BCUT2D eigenvalue weighted by atomic mass is 35.5.